The van der Waals surface area contributed by atoms with Crippen molar-refractivity contribution in [1.82, 2.24) is 9.97 Å². The maximum atomic E-state index is 11.7. The largest absolute Gasteiger partial charge is 0.468 e. The number of carbonyl (C=O) groups is 1. The molecule has 1 saturated heterocycles. The number of aromatic amines is 1. The third-order valence-electron chi connectivity index (χ3n) is 2.87. The molecule has 1 N–H and O–H groups in total. The Kier molecular flexibility index (Phi) is 2.96. The molecule has 5 nitrogen and oxygen atoms in total. The van der Waals surface area contributed by atoms with E-state index < -0.39 is 5.41 Å². The summed E-state index contributed by atoms with van der Waals surface area (Å²) in [5.74, 6) is 0.380. The van der Waals surface area contributed by atoms with Crippen LogP contribution in [0.2, 0.25) is 0 Å². The van der Waals surface area contributed by atoms with E-state index in [2.05, 4.69) is 16.9 Å². The topological polar surface area (TPSA) is 64.2 Å². The normalized spacial score (nSPS) is 17.9. The molecule has 1 aromatic heterocycles. The standard InChI is InChI=1S/C11H16N2O3/c1-3-4-8-5-12-9(13-8)11(6-16-7-11)10(14)15-2/h5H,3-4,6-7H2,1-2H3,(H,12,13). The summed E-state index contributed by atoms with van der Waals surface area (Å²) in [6.07, 6.45) is 3.76. The molecule has 0 spiro atoms. The highest BCUT2D eigenvalue weighted by atomic mass is 16.5. The van der Waals surface area contributed by atoms with Crippen molar-refractivity contribution in [2.45, 2.75) is 25.2 Å². The molecule has 2 heterocycles. The Morgan fingerprint density at radius 3 is 2.94 bits per heavy atom. The summed E-state index contributed by atoms with van der Waals surface area (Å²) in [6.45, 7) is 2.79. The second kappa shape index (κ2) is 4.25. The maximum Gasteiger partial charge on any atom is 0.324 e. The zero-order valence-electron chi connectivity index (χ0n) is 9.58. The lowest BCUT2D eigenvalue weighted by Crippen LogP contribution is -2.54. The number of H-pyrrole nitrogens is 1. The number of aryl methyl sites for hydroxylation is 1. The van der Waals surface area contributed by atoms with Crippen molar-refractivity contribution in [1.29, 1.82) is 0 Å². The van der Waals surface area contributed by atoms with E-state index in [1.165, 1.54) is 7.11 Å². The lowest BCUT2D eigenvalue weighted by atomic mass is 9.85. The highest BCUT2D eigenvalue weighted by molar-refractivity contribution is 5.83. The molecule has 1 aliphatic heterocycles. The van der Waals surface area contributed by atoms with Gasteiger partial charge in [0.2, 0.25) is 0 Å². The van der Waals surface area contributed by atoms with Gasteiger partial charge < -0.3 is 14.5 Å². The van der Waals surface area contributed by atoms with Crippen LogP contribution in [0.5, 0.6) is 0 Å². The van der Waals surface area contributed by atoms with Gasteiger partial charge in [0.05, 0.1) is 20.3 Å². The van der Waals surface area contributed by atoms with E-state index in [0.717, 1.165) is 18.5 Å². The molecular formula is C11H16N2O3. The fraction of sp³-hybridized carbons (Fsp3) is 0.636. The Labute approximate surface area is 94.2 Å². The first-order chi connectivity index (χ1) is 7.73. The minimum Gasteiger partial charge on any atom is -0.468 e. The second-order valence-corrected chi connectivity index (χ2v) is 4.07. The number of ether oxygens (including phenoxy) is 2. The Hall–Kier alpha value is -1.36. The monoisotopic (exact) mass is 224 g/mol. The van der Waals surface area contributed by atoms with Crippen molar-refractivity contribution in [2.75, 3.05) is 20.3 Å². The molecule has 1 fully saturated rings. The van der Waals surface area contributed by atoms with Crippen molar-refractivity contribution in [3.8, 4) is 0 Å². The number of nitrogens with one attached hydrogen (secondary N) is 1. The van der Waals surface area contributed by atoms with Crippen LogP contribution in [0.3, 0.4) is 0 Å². The van der Waals surface area contributed by atoms with Crippen LogP contribution in [0.4, 0.5) is 0 Å². The van der Waals surface area contributed by atoms with Gasteiger partial charge >= 0.3 is 5.97 Å². The Bertz CT molecular complexity index is 382. The van der Waals surface area contributed by atoms with Crippen molar-refractivity contribution in [3.63, 3.8) is 0 Å². The number of hydrogen-bond acceptors (Lipinski definition) is 4. The first kappa shape index (κ1) is 11.1. The Morgan fingerprint density at radius 2 is 2.44 bits per heavy atom. The molecule has 5 heteroatoms. The van der Waals surface area contributed by atoms with Gasteiger partial charge in [-0.25, -0.2) is 4.98 Å². The quantitative estimate of drug-likeness (QED) is 0.768. The summed E-state index contributed by atoms with van der Waals surface area (Å²) in [5, 5.41) is 0. The first-order valence-electron chi connectivity index (χ1n) is 5.43. The molecule has 0 amide bonds. The summed E-state index contributed by atoms with van der Waals surface area (Å²) in [7, 11) is 1.39. The van der Waals surface area contributed by atoms with Gasteiger partial charge in [0.25, 0.3) is 0 Å². The highest BCUT2D eigenvalue weighted by Crippen LogP contribution is 2.31. The lowest BCUT2D eigenvalue weighted by molar-refractivity contribution is -0.167. The third kappa shape index (κ3) is 1.61. The van der Waals surface area contributed by atoms with Crippen LogP contribution in [0, 0.1) is 0 Å². The van der Waals surface area contributed by atoms with E-state index in [0.29, 0.717) is 19.0 Å². The predicted molar refractivity (Wildman–Crippen MR) is 57.1 cm³/mol. The summed E-state index contributed by atoms with van der Waals surface area (Å²) in [6, 6.07) is 0. The Balaban J connectivity index is 2.23. The van der Waals surface area contributed by atoms with E-state index in [-0.39, 0.29) is 5.97 Å². The van der Waals surface area contributed by atoms with Gasteiger partial charge in [0.1, 0.15) is 5.82 Å². The van der Waals surface area contributed by atoms with Crippen molar-refractivity contribution in [2.24, 2.45) is 0 Å². The minimum atomic E-state index is -0.708. The maximum absolute atomic E-state index is 11.7. The summed E-state index contributed by atoms with van der Waals surface area (Å²) in [4.78, 5) is 19.2. The number of imidazole rings is 1. The predicted octanol–water partition coefficient (Wildman–Crippen LogP) is 0.803. The number of rotatable bonds is 4. The van der Waals surface area contributed by atoms with Crippen LogP contribution in [0.15, 0.2) is 6.20 Å². The molecule has 0 atom stereocenters. The van der Waals surface area contributed by atoms with Crippen molar-refractivity contribution in [3.05, 3.63) is 17.7 Å². The average Bonchev–Trinajstić information content (AvgIpc) is 2.65. The van der Waals surface area contributed by atoms with E-state index >= 15 is 0 Å². The molecular weight excluding hydrogens is 208 g/mol. The van der Waals surface area contributed by atoms with Gasteiger partial charge in [-0.05, 0) is 6.42 Å². The smallest absolute Gasteiger partial charge is 0.324 e. The van der Waals surface area contributed by atoms with Crippen LogP contribution >= 0.6 is 0 Å². The molecule has 16 heavy (non-hydrogen) atoms. The molecule has 0 saturated carbocycles. The average molecular weight is 224 g/mol. The number of carbonyl (C=O) groups excluding carboxylic acids is 1. The SMILES string of the molecule is CCCc1cnc(C2(C(=O)OC)COC2)[nH]1. The second-order valence-electron chi connectivity index (χ2n) is 4.07. The van der Waals surface area contributed by atoms with Crippen LogP contribution in [0.25, 0.3) is 0 Å². The van der Waals surface area contributed by atoms with E-state index in [4.69, 9.17) is 9.47 Å². The van der Waals surface area contributed by atoms with E-state index in [9.17, 15) is 4.79 Å². The van der Waals surface area contributed by atoms with Crippen molar-refractivity contribution < 1.29 is 14.3 Å². The van der Waals surface area contributed by atoms with Crippen LogP contribution in [-0.2, 0) is 26.1 Å². The Morgan fingerprint density at radius 1 is 1.69 bits per heavy atom. The van der Waals surface area contributed by atoms with Crippen molar-refractivity contribution >= 4 is 5.97 Å². The van der Waals surface area contributed by atoms with Gasteiger partial charge in [0.15, 0.2) is 5.41 Å². The summed E-state index contributed by atoms with van der Waals surface area (Å²) < 4.78 is 9.93. The number of aromatic nitrogens is 2. The molecule has 0 aromatic carbocycles. The zero-order chi connectivity index (χ0) is 11.6. The molecule has 1 aromatic rings. The number of nitrogens with zero attached hydrogens (tertiary/aromatic N) is 1. The number of esters is 1. The molecule has 0 aliphatic carbocycles. The van der Waals surface area contributed by atoms with E-state index in [1.807, 2.05) is 0 Å². The third-order valence-corrected chi connectivity index (χ3v) is 2.87. The molecule has 88 valence electrons. The zero-order valence-corrected chi connectivity index (χ0v) is 9.58. The van der Waals surface area contributed by atoms with Gasteiger partial charge in [0, 0.05) is 11.9 Å². The first-order valence-corrected chi connectivity index (χ1v) is 5.43. The molecule has 0 unspecified atom stereocenters. The van der Waals surface area contributed by atoms with E-state index in [1.54, 1.807) is 6.20 Å². The number of methoxy groups -OCH3 is 1. The summed E-state index contributed by atoms with van der Waals surface area (Å²) in [5.41, 5.74) is 0.341. The highest BCUT2D eigenvalue weighted by Gasteiger charge is 2.51. The fourth-order valence-electron chi connectivity index (χ4n) is 1.85. The van der Waals surface area contributed by atoms with Crippen LogP contribution in [0.1, 0.15) is 24.9 Å². The molecule has 0 bridgehead atoms. The number of hydrogen-bond donors (Lipinski definition) is 1. The molecule has 0 radical (unpaired) electrons. The van der Waals surface area contributed by atoms with Gasteiger partial charge in [-0.1, -0.05) is 13.3 Å². The van der Waals surface area contributed by atoms with Crippen LogP contribution in [-0.4, -0.2) is 36.3 Å². The van der Waals surface area contributed by atoms with Gasteiger partial charge in [-0.15, -0.1) is 0 Å². The van der Waals surface area contributed by atoms with Crippen LogP contribution < -0.4 is 0 Å². The van der Waals surface area contributed by atoms with Gasteiger partial charge in [-0.3, -0.25) is 4.79 Å². The summed E-state index contributed by atoms with van der Waals surface area (Å²) >= 11 is 0. The lowest BCUT2D eigenvalue weighted by Gasteiger charge is -2.36. The fourth-order valence-corrected chi connectivity index (χ4v) is 1.85. The molecule has 2 rings (SSSR count). The molecule has 1 aliphatic rings. The minimum absolute atomic E-state index is 0.281. The van der Waals surface area contributed by atoms with Gasteiger partial charge in [-0.2, -0.15) is 0 Å².